The van der Waals surface area contributed by atoms with Gasteiger partial charge in [-0.05, 0) is 18.4 Å². The van der Waals surface area contributed by atoms with E-state index in [1.54, 1.807) is 7.05 Å². The van der Waals surface area contributed by atoms with Crippen LogP contribution in [0, 0.1) is 0 Å². The van der Waals surface area contributed by atoms with Crippen LogP contribution < -0.4 is 10.6 Å². The highest BCUT2D eigenvalue weighted by molar-refractivity contribution is 5.75. The second-order valence-corrected chi connectivity index (χ2v) is 3.65. The first-order chi connectivity index (χ1) is 6.77. The van der Waals surface area contributed by atoms with Gasteiger partial charge in [-0.25, -0.2) is 4.79 Å². The molecule has 0 heterocycles. The number of nitrogens with one attached hydrogen (secondary N) is 2. The third-order valence-electron chi connectivity index (χ3n) is 2.66. The summed E-state index contributed by atoms with van der Waals surface area (Å²) >= 11 is 0. The van der Waals surface area contributed by atoms with Crippen molar-refractivity contribution in [2.45, 2.75) is 18.4 Å². The molecule has 3 nitrogen and oxygen atoms in total. The average Bonchev–Trinajstić information content (AvgIpc) is 3.00. The first-order valence-electron chi connectivity index (χ1n) is 4.82. The molecule has 1 aliphatic rings. The van der Waals surface area contributed by atoms with Gasteiger partial charge in [-0.15, -0.1) is 0 Å². The minimum Gasteiger partial charge on any atom is -0.341 e. The summed E-state index contributed by atoms with van der Waals surface area (Å²) < 4.78 is 0. The van der Waals surface area contributed by atoms with E-state index in [0.29, 0.717) is 0 Å². The highest BCUT2D eigenvalue weighted by Crippen LogP contribution is 2.45. The monoisotopic (exact) mass is 190 g/mol. The normalized spacial score (nSPS) is 17.2. The largest absolute Gasteiger partial charge is 0.341 e. The molecule has 0 unspecified atom stereocenters. The topological polar surface area (TPSA) is 41.1 Å². The lowest BCUT2D eigenvalue weighted by molar-refractivity contribution is 0.238. The molecule has 0 bridgehead atoms. The van der Waals surface area contributed by atoms with E-state index in [4.69, 9.17) is 0 Å². The number of rotatable bonds is 2. The Morgan fingerprint density at radius 1 is 1.29 bits per heavy atom. The first-order valence-corrected chi connectivity index (χ1v) is 4.82. The number of hydrogen-bond donors (Lipinski definition) is 2. The maximum atomic E-state index is 11.2. The van der Waals surface area contributed by atoms with Crippen LogP contribution >= 0.6 is 0 Å². The molecule has 2 rings (SSSR count). The van der Waals surface area contributed by atoms with Crippen molar-refractivity contribution < 1.29 is 4.79 Å². The summed E-state index contributed by atoms with van der Waals surface area (Å²) in [6.07, 6.45) is 2.06. The van der Waals surface area contributed by atoms with Gasteiger partial charge >= 0.3 is 6.03 Å². The Morgan fingerprint density at radius 2 is 1.93 bits per heavy atom. The van der Waals surface area contributed by atoms with Gasteiger partial charge in [0, 0.05) is 7.05 Å². The Labute approximate surface area is 83.5 Å². The molecule has 1 fully saturated rings. The lowest BCUT2D eigenvalue weighted by atomic mass is 10.1. The minimum atomic E-state index is -0.105. The van der Waals surface area contributed by atoms with Crippen molar-refractivity contribution in [1.29, 1.82) is 0 Å². The van der Waals surface area contributed by atoms with Crippen molar-refractivity contribution in [3.05, 3.63) is 35.9 Å². The Balaban J connectivity index is 2.14. The van der Waals surface area contributed by atoms with Crippen LogP contribution in [0.5, 0.6) is 0 Å². The van der Waals surface area contributed by atoms with Crippen LogP contribution in [-0.4, -0.2) is 13.1 Å². The number of carbonyl (C=O) groups is 1. The van der Waals surface area contributed by atoms with E-state index < -0.39 is 0 Å². The zero-order valence-corrected chi connectivity index (χ0v) is 8.21. The van der Waals surface area contributed by atoms with Crippen molar-refractivity contribution in [2.24, 2.45) is 0 Å². The van der Waals surface area contributed by atoms with Crippen LogP contribution in [0.1, 0.15) is 18.4 Å². The lowest BCUT2D eigenvalue weighted by Crippen LogP contribution is -2.40. The molecule has 0 spiro atoms. The van der Waals surface area contributed by atoms with Crippen LogP contribution in [0.2, 0.25) is 0 Å². The molecular weight excluding hydrogens is 176 g/mol. The summed E-state index contributed by atoms with van der Waals surface area (Å²) in [5.41, 5.74) is 1.10. The molecule has 74 valence electrons. The molecule has 0 aliphatic heterocycles. The summed E-state index contributed by atoms with van der Waals surface area (Å²) in [4.78, 5) is 11.2. The molecule has 1 aromatic carbocycles. The molecule has 3 heteroatoms. The van der Waals surface area contributed by atoms with Gasteiger partial charge in [0.15, 0.2) is 0 Å². The predicted molar refractivity (Wildman–Crippen MR) is 54.9 cm³/mol. The van der Waals surface area contributed by atoms with Gasteiger partial charge in [-0.1, -0.05) is 30.3 Å². The van der Waals surface area contributed by atoms with Crippen molar-refractivity contribution in [3.8, 4) is 0 Å². The predicted octanol–water partition coefficient (Wildman–Crippen LogP) is 1.60. The SMILES string of the molecule is CNC(=O)NC1(c2ccccc2)CC1. The van der Waals surface area contributed by atoms with Crippen molar-refractivity contribution in [1.82, 2.24) is 10.6 Å². The van der Waals surface area contributed by atoms with Crippen LogP contribution in [0.15, 0.2) is 30.3 Å². The van der Waals surface area contributed by atoms with Crippen LogP contribution in [0.25, 0.3) is 0 Å². The minimum absolute atomic E-state index is 0.0959. The molecule has 2 amide bonds. The van der Waals surface area contributed by atoms with E-state index in [1.165, 1.54) is 5.56 Å². The fraction of sp³-hybridized carbons (Fsp3) is 0.364. The van der Waals surface area contributed by atoms with Gasteiger partial charge < -0.3 is 10.6 Å². The molecule has 14 heavy (non-hydrogen) atoms. The zero-order valence-electron chi connectivity index (χ0n) is 8.21. The molecular formula is C11H14N2O. The second kappa shape index (κ2) is 3.33. The van der Waals surface area contributed by atoms with Crippen LogP contribution in [0.3, 0.4) is 0 Å². The second-order valence-electron chi connectivity index (χ2n) is 3.65. The van der Waals surface area contributed by atoms with Crippen molar-refractivity contribution in [2.75, 3.05) is 7.05 Å². The van der Waals surface area contributed by atoms with Gasteiger partial charge in [0.2, 0.25) is 0 Å². The number of amides is 2. The Bertz CT molecular complexity index is 330. The van der Waals surface area contributed by atoms with Gasteiger partial charge in [0.1, 0.15) is 0 Å². The molecule has 0 saturated heterocycles. The number of carbonyl (C=O) groups excluding carboxylic acids is 1. The number of benzene rings is 1. The molecule has 0 atom stereocenters. The summed E-state index contributed by atoms with van der Waals surface area (Å²) in [7, 11) is 1.64. The number of urea groups is 1. The zero-order chi connectivity index (χ0) is 10.0. The molecule has 2 N–H and O–H groups in total. The van der Waals surface area contributed by atoms with E-state index >= 15 is 0 Å². The highest BCUT2D eigenvalue weighted by atomic mass is 16.2. The summed E-state index contributed by atoms with van der Waals surface area (Å²) in [6, 6.07) is 10.00. The lowest BCUT2D eigenvalue weighted by Gasteiger charge is -2.17. The summed E-state index contributed by atoms with van der Waals surface area (Å²) in [5.74, 6) is 0. The Kier molecular flexibility index (Phi) is 2.15. The van der Waals surface area contributed by atoms with Crippen molar-refractivity contribution in [3.63, 3.8) is 0 Å². The quantitative estimate of drug-likeness (QED) is 0.730. The van der Waals surface area contributed by atoms with Gasteiger partial charge in [-0.2, -0.15) is 0 Å². The van der Waals surface area contributed by atoms with E-state index in [0.717, 1.165) is 12.8 Å². The van der Waals surface area contributed by atoms with Gasteiger partial charge in [0.05, 0.1) is 5.54 Å². The van der Waals surface area contributed by atoms with Gasteiger partial charge in [0.25, 0.3) is 0 Å². The number of hydrogen-bond acceptors (Lipinski definition) is 1. The van der Waals surface area contributed by atoms with E-state index in [2.05, 4.69) is 22.8 Å². The molecule has 0 radical (unpaired) electrons. The molecule has 1 aliphatic carbocycles. The maximum absolute atomic E-state index is 11.2. The molecule has 0 aromatic heterocycles. The summed E-state index contributed by atoms with van der Waals surface area (Å²) in [5, 5.41) is 5.56. The first kappa shape index (κ1) is 9.06. The Hall–Kier alpha value is -1.51. The standard InChI is InChI=1S/C11H14N2O/c1-12-10(14)13-11(7-8-11)9-5-3-2-4-6-9/h2-6H,7-8H2,1H3,(H2,12,13,14). The summed E-state index contributed by atoms with van der Waals surface area (Å²) in [6.45, 7) is 0. The van der Waals surface area contributed by atoms with Gasteiger partial charge in [-0.3, -0.25) is 0 Å². The van der Waals surface area contributed by atoms with Crippen LogP contribution in [0.4, 0.5) is 4.79 Å². The fourth-order valence-electron chi connectivity index (χ4n) is 1.65. The highest BCUT2D eigenvalue weighted by Gasteiger charge is 2.45. The molecule has 1 aromatic rings. The third kappa shape index (κ3) is 1.58. The Morgan fingerprint density at radius 3 is 2.43 bits per heavy atom. The van der Waals surface area contributed by atoms with Crippen molar-refractivity contribution >= 4 is 6.03 Å². The third-order valence-corrected chi connectivity index (χ3v) is 2.66. The van der Waals surface area contributed by atoms with E-state index in [-0.39, 0.29) is 11.6 Å². The van der Waals surface area contributed by atoms with E-state index in [1.807, 2.05) is 18.2 Å². The fourth-order valence-corrected chi connectivity index (χ4v) is 1.65. The average molecular weight is 190 g/mol. The smallest absolute Gasteiger partial charge is 0.315 e. The van der Waals surface area contributed by atoms with E-state index in [9.17, 15) is 4.79 Å². The maximum Gasteiger partial charge on any atom is 0.315 e. The molecule has 1 saturated carbocycles. The van der Waals surface area contributed by atoms with Crippen LogP contribution in [-0.2, 0) is 5.54 Å².